The maximum atomic E-state index is 11.1. The van der Waals surface area contributed by atoms with Crippen molar-refractivity contribution in [1.29, 1.82) is 0 Å². The number of hydrogen-bond acceptors (Lipinski definition) is 4. The molecule has 1 aliphatic heterocycles. The van der Waals surface area contributed by atoms with Crippen molar-refractivity contribution >= 4 is 23.4 Å². The van der Waals surface area contributed by atoms with Crippen molar-refractivity contribution in [1.82, 2.24) is 10.6 Å². The lowest BCUT2D eigenvalue weighted by Crippen LogP contribution is -2.47. The zero-order valence-corrected chi connectivity index (χ0v) is 13.7. The van der Waals surface area contributed by atoms with Crippen LogP contribution in [0.2, 0.25) is 5.02 Å². The summed E-state index contributed by atoms with van der Waals surface area (Å²) in [5.41, 5.74) is 1.14. The molecule has 5 nitrogen and oxygen atoms in total. The molecular formula is C16H24ClN3O2. The SMILES string of the molecule is COC(=O)NCCCN(c1cccc(Cl)c1)C1CCCNC1. The first-order valence-electron chi connectivity index (χ1n) is 7.75. The number of methoxy groups -OCH3 is 1. The van der Waals surface area contributed by atoms with Crippen LogP contribution in [0.15, 0.2) is 24.3 Å². The van der Waals surface area contributed by atoms with Gasteiger partial charge < -0.3 is 20.3 Å². The molecule has 2 N–H and O–H groups in total. The van der Waals surface area contributed by atoms with Crippen LogP contribution in [-0.2, 0) is 4.74 Å². The first kappa shape index (κ1) is 16.9. The van der Waals surface area contributed by atoms with Crippen LogP contribution in [0.3, 0.4) is 0 Å². The number of piperidine rings is 1. The third kappa shape index (κ3) is 5.07. The van der Waals surface area contributed by atoms with E-state index >= 15 is 0 Å². The van der Waals surface area contributed by atoms with E-state index in [9.17, 15) is 4.79 Å². The second kappa shape index (κ2) is 8.86. The minimum absolute atomic E-state index is 0.381. The summed E-state index contributed by atoms with van der Waals surface area (Å²) in [5.74, 6) is 0. The van der Waals surface area contributed by atoms with Crippen molar-refractivity contribution in [2.45, 2.75) is 25.3 Å². The molecule has 1 aromatic rings. The van der Waals surface area contributed by atoms with Crippen LogP contribution in [0.1, 0.15) is 19.3 Å². The van der Waals surface area contributed by atoms with Gasteiger partial charge in [0.15, 0.2) is 0 Å². The number of benzene rings is 1. The molecule has 1 unspecified atom stereocenters. The predicted octanol–water partition coefficient (Wildman–Crippen LogP) is 2.64. The molecule has 0 spiro atoms. The maximum Gasteiger partial charge on any atom is 0.406 e. The molecule has 1 atom stereocenters. The van der Waals surface area contributed by atoms with Gasteiger partial charge in [-0.3, -0.25) is 0 Å². The van der Waals surface area contributed by atoms with Crippen molar-refractivity contribution < 1.29 is 9.53 Å². The summed E-state index contributed by atoms with van der Waals surface area (Å²) in [7, 11) is 1.38. The molecular weight excluding hydrogens is 302 g/mol. The molecule has 0 saturated carbocycles. The van der Waals surface area contributed by atoms with Gasteiger partial charge in [-0.25, -0.2) is 4.79 Å². The fourth-order valence-electron chi connectivity index (χ4n) is 2.79. The Kier molecular flexibility index (Phi) is 6.80. The summed E-state index contributed by atoms with van der Waals surface area (Å²) in [5, 5.41) is 6.93. The Hall–Kier alpha value is -1.46. The first-order chi connectivity index (χ1) is 10.7. The summed E-state index contributed by atoms with van der Waals surface area (Å²) in [4.78, 5) is 13.5. The number of hydrogen-bond donors (Lipinski definition) is 2. The highest BCUT2D eigenvalue weighted by Crippen LogP contribution is 2.24. The number of nitrogens with one attached hydrogen (secondary N) is 2. The number of amides is 1. The number of carbonyl (C=O) groups excluding carboxylic acids is 1. The Morgan fingerprint density at radius 2 is 2.41 bits per heavy atom. The molecule has 1 aromatic carbocycles. The van der Waals surface area contributed by atoms with Crippen LogP contribution in [0, 0.1) is 0 Å². The van der Waals surface area contributed by atoms with Gasteiger partial charge in [0.25, 0.3) is 0 Å². The van der Waals surface area contributed by atoms with Gasteiger partial charge >= 0.3 is 6.09 Å². The van der Waals surface area contributed by atoms with Gasteiger partial charge in [0.05, 0.1) is 7.11 Å². The largest absolute Gasteiger partial charge is 0.453 e. The molecule has 1 saturated heterocycles. The molecule has 1 amide bonds. The van der Waals surface area contributed by atoms with Crippen molar-refractivity contribution in [3.05, 3.63) is 29.3 Å². The van der Waals surface area contributed by atoms with Gasteiger partial charge in [-0.1, -0.05) is 17.7 Å². The van der Waals surface area contributed by atoms with E-state index in [1.165, 1.54) is 20.0 Å². The molecule has 2 rings (SSSR count). The molecule has 0 radical (unpaired) electrons. The highest BCUT2D eigenvalue weighted by atomic mass is 35.5. The molecule has 122 valence electrons. The molecule has 0 bridgehead atoms. The summed E-state index contributed by atoms with van der Waals surface area (Å²) in [6.45, 7) is 3.54. The summed E-state index contributed by atoms with van der Waals surface area (Å²) < 4.78 is 4.58. The molecule has 6 heteroatoms. The van der Waals surface area contributed by atoms with Gasteiger partial charge in [-0.05, 0) is 44.0 Å². The topological polar surface area (TPSA) is 53.6 Å². The van der Waals surface area contributed by atoms with Gasteiger partial charge in [0, 0.05) is 36.4 Å². The third-order valence-electron chi connectivity index (χ3n) is 3.88. The molecule has 1 fully saturated rings. The lowest BCUT2D eigenvalue weighted by Gasteiger charge is -2.36. The van der Waals surface area contributed by atoms with E-state index in [0.717, 1.165) is 36.8 Å². The second-order valence-corrected chi connectivity index (χ2v) is 5.88. The average Bonchev–Trinajstić information content (AvgIpc) is 2.55. The normalized spacial score (nSPS) is 17.8. The van der Waals surface area contributed by atoms with E-state index in [4.69, 9.17) is 11.6 Å². The van der Waals surface area contributed by atoms with Gasteiger partial charge in [0.1, 0.15) is 0 Å². The Morgan fingerprint density at radius 3 is 3.09 bits per heavy atom. The molecule has 1 aliphatic rings. The van der Waals surface area contributed by atoms with Crippen molar-refractivity contribution in [3.8, 4) is 0 Å². The van der Waals surface area contributed by atoms with Crippen molar-refractivity contribution in [3.63, 3.8) is 0 Å². The standard InChI is InChI=1S/C16H24ClN3O2/c1-22-16(21)19-9-4-10-20(15-7-3-8-18-12-15)14-6-2-5-13(17)11-14/h2,5-6,11,15,18H,3-4,7-10,12H2,1H3,(H,19,21). The highest BCUT2D eigenvalue weighted by molar-refractivity contribution is 6.30. The van der Waals surface area contributed by atoms with Crippen LogP contribution in [0.4, 0.5) is 10.5 Å². The highest BCUT2D eigenvalue weighted by Gasteiger charge is 2.21. The van der Waals surface area contributed by atoms with Gasteiger partial charge in [-0.2, -0.15) is 0 Å². The molecule has 0 aliphatic carbocycles. The molecule has 1 heterocycles. The molecule has 22 heavy (non-hydrogen) atoms. The summed E-state index contributed by atoms with van der Waals surface area (Å²) in [6, 6.07) is 8.43. The maximum absolute atomic E-state index is 11.1. The quantitative estimate of drug-likeness (QED) is 0.790. The number of carbonyl (C=O) groups is 1. The lowest BCUT2D eigenvalue weighted by atomic mass is 10.0. The van der Waals surface area contributed by atoms with Crippen LogP contribution < -0.4 is 15.5 Å². The van der Waals surface area contributed by atoms with E-state index in [-0.39, 0.29) is 6.09 Å². The number of nitrogens with zero attached hydrogens (tertiary/aromatic N) is 1. The fourth-order valence-corrected chi connectivity index (χ4v) is 2.97. The average molecular weight is 326 g/mol. The number of rotatable bonds is 6. The van der Waals surface area contributed by atoms with Crippen molar-refractivity contribution in [2.24, 2.45) is 0 Å². The van der Waals surface area contributed by atoms with E-state index in [1.807, 2.05) is 18.2 Å². The zero-order valence-electron chi connectivity index (χ0n) is 13.0. The fraction of sp³-hybridized carbons (Fsp3) is 0.562. The Bertz CT molecular complexity index is 478. The van der Waals surface area contributed by atoms with Gasteiger partial charge in [0.2, 0.25) is 0 Å². The lowest BCUT2D eigenvalue weighted by molar-refractivity contribution is 0.171. The van der Waals surface area contributed by atoms with Crippen LogP contribution in [-0.4, -0.2) is 45.4 Å². The van der Waals surface area contributed by atoms with E-state index in [0.29, 0.717) is 12.6 Å². The third-order valence-corrected chi connectivity index (χ3v) is 4.12. The minimum Gasteiger partial charge on any atom is -0.453 e. The zero-order chi connectivity index (χ0) is 15.8. The number of ether oxygens (including phenoxy) is 1. The molecule has 0 aromatic heterocycles. The number of halogens is 1. The second-order valence-electron chi connectivity index (χ2n) is 5.45. The first-order valence-corrected chi connectivity index (χ1v) is 8.13. The Labute approximate surface area is 137 Å². The minimum atomic E-state index is -0.381. The number of anilines is 1. The monoisotopic (exact) mass is 325 g/mol. The number of alkyl carbamates (subject to hydrolysis) is 1. The van der Waals surface area contributed by atoms with E-state index in [2.05, 4.69) is 26.3 Å². The predicted molar refractivity (Wildman–Crippen MR) is 89.7 cm³/mol. The Morgan fingerprint density at radius 1 is 1.55 bits per heavy atom. The van der Waals surface area contributed by atoms with Gasteiger partial charge in [-0.15, -0.1) is 0 Å². The smallest absolute Gasteiger partial charge is 0.406 e. The van der Waals surface area contributed by atoms with Crippen LogP contribution in [0.5, 0.6) is 0 Å². The van der Waals surface area contributed by atoms with E-state index in [1.54, 1.807) is 0 Å². The summed E-state index contributed by atoms with van der Waals surface area (Å²) in [6.07, 6.45) is 2.83. The van der Waals surface area contributed by atoms with Crippen LogP contribution >= 0.6 is 11.6 Å². The Balaban J connectivity index is 1.97. The van der Waals surface area contributed by atoms with E-state index < -0.39 is 0 Å². The van der Waals surface area contributed by atoms with Crippen molar-refractivity contribution in [2.75, 3.05) is 38.2 Å². The van der Waals surface area contributed by atoms with Crippen LogP contribution in [0.25, 0.3) is 0 Å². The summed E-state index contributed by atoms with van der Waals surface area (Å²) >= 11 is 6.13.